The molecule has 0 aliphatic carbocycles. The zero-order valence-electron chi connectivity index (χ0n) is 16.3. The molecule has 1 N–H and O–H groups in total. The Morgan fingerprint density at radius 1 is 1.04 bits per heavy atom. The van der Waals surface area contributed by atoms with Crippen LogP contribution in [-0.2, 0) is 22.6 Å². The van der Waals surface area contributed by atoms with E-state index in [-0.39, 0.29) is 23.8 Å². The minimum absolute atomic E-state index is 0.113. The normalized spacial score (nSPS) is 12.3. The summed E-state index contributed by atoms with van der Waals surface area (Å²) in [4.78, 5) is 27.3. The first kappa shape index (κ1) is 21.0. The van der Waals surface area contributed by atoms with Crippen molar-refractivity contribution in [1.29, 1.82) is 0 Å². The number of hydrogen-bond donors (Lipinski definition) is 1. The van der Waals surface area contributed by atoms with Gasteiger partial charge in [0.2, 0.25) is 11.8 Å². The molecule has 1 atom stereocenters. The largest absolute Gasteiger partial charge is 0.350 e. The average Bonchev–Trinajstić information content (AvgIpc) is 2.58. The highest BCUT2D eigenvalue weighted by Crippen LogP contribution is 2.16. The maximum absolute atomic E-state index is 13.0. The van der Waals surface area contributed by atoms with Crippen molar-refractivity contribution in [1.82, 2.24) is 10.2 Å². The summed E-state index contributed by atoms with van der Waals surface area (Å²) in [6, 6.07) is 16.3. The van der Waals surface area contributed by atoms with Crippen LogP contribution in [0.15, 0.2) is 54.6 Å². The number of carbonyl (C=O) groups excluding carboxylic acids is 2. The first-order valence-electron chi connectivity index (χ1n) is 9.05. The van der Waals surface area contributed by atoms with E-state index in [0.29, 0.717) is 11.6 Å². The molecule has 0 aliphatic heterocycles. The highest BCUT2D eigenvalue weighted by Gasteiger charge is 2.28. The van der Waals surface area contributed by atoms with Crippen LogP contribution in [0.3, 0.4) is 0 Å². The van der Waals surface area contributed by atoms with Gasteiger partial charge in [-0.3, -0.25) is 9.59 Å². The van der Waals surface area contributed by atoms with Crippen molar-refractivity contribution in [3.63, 3.8) is 0 Å². The van der Waals surface area contributed by atoms with Crippen molar-refractivity contribution in [2.24, 2.45) is 0 Å². The van der Waals surface area contributed by atoms with Gasteiger partial charge in [0.25, 0.3) is 0 Å². The molecular formula is C22H27ClN2O2. The fraction of sp³-hybridized carbons (Fsp3) is 0.364. The molecule has 0 aliphatic rings. The minimum Gasteiger partial charge on any atom is -0.350 e. The number of benzene rings is 2. The number of carbonyl (C=O) groups is 2. The average molecular weight is 387 g/mol. The molecule has 0 saturated carbocycles. The van der Waals surface area contributed by atoms with Crippen molar-refractivity contribution in [2.45, 2.75) is 52.2 Å². The number of nitrogens with one attached hydrogen (secondary N) is 1. The van der Waals surface area contributed by atoms with Gasteiger partial charge >= 0.3 is 0 Å². The van der Waals surface area contributed by atoms with Crippen molar-refractivity contribution in [2.75, 3.05) is 0 Å². The third-order valence-electron chi connectivity index (χ3n) is 4.11. The zero-order chi connectivity index (χ0) is 20.0. The van der Waals surface area contributed by atoms with Crippen molar-refractivity contribution in [3.8, 4) is 0 Å². The van der Waals surface area contributed by atoms with Gasteiger partial charge < -0.3 is 10.2 Å². The van der Waals surface area contributed by atoms with Crippen LogP contribution in [0.4, 0.5) is 0 Å². The summed E-state index contributed by atoms with van der Waals surface area (Å²) in [6.07, 6.45) is 0.195. The number of halogens is 1. The van der Waals surface area contributed by atoms with Gasteiger partial charge in [0.1, 0.15) is 6.04 Å². The van der Waals surface area contributed by atoms with Crippen LogP contribution in [0, 0.1) is 0 Å². The molecule has 0 bridgehead atoms. The van der Waals surface area contributed by atoms with E-state index < -0.39 is 6.04 Å². The second kappa shape index (κ2) is 9.05. The lowest BCUT2D eigenvalue weighted by Crippen LogP contribution is -2.52. The van der Waals surface area contributed by atoms with Crippen LogP contribution >= 0.6 is 11.6 Å². The van der Waals surface area contributed by atoms with Crippen LogP contribution in [0.2, 0.25) is 5.02 Å². The topological polar surface area (TPSA) is 49.4 Å². The lowest BCUT2D eigenvalue weighted by molar-refractivity contribution is -0.140. The maximum Gasteiger partial charge on any atom is 0.242 e. The SMILES string of the molecule is C[C@@H](C(=O)NC(C)(C)C)N(Cc1ccccc1)C(=O)Cc1cccc(Cl)c1. The molecule has 0 fully saturated rings. The van der Waals surface area contributed by atoms with Gasteiger partial charge in [-0.15, -0.1) is 0 Å². The Balaban J connectivity index is 2.22. The van der Waals surface area contributed by atoms with Gasteiger partial charge in [-0.05, 0) is 51.0 Å². The summed E-state index contributed by atoms with van der Waals surface area (Å²) in [6.45, 7) is 7.91. The van der Waals surface area contributed by atoms with E-state index in [9.17, 15) is 9.59 Å². The highest BCUT2D eigenvalue weighted by atomic mass is 35.5. The summed E-state index contributed by atoms with van der Waals surface area (Å²) in [7, 11) is 0. The molecule has 0 heterocycles. The Morgan fingerprint density at radius 3 is 2.26 bits per heavy atom. The number of amides is 2. The number of hydrogen-bond acceptors (Lipinski definition) is 2. The van der Waals surface area contributed by atoms with Gasteiger partial charge in [0.15, 0.2) is 0 Å². The Kier molecular flexibility index (Phi) is 7.03. The van der Waals surface area contributed by atoms with Gasteiger partial charge in [-0.25, -0.2) is 0 Å². The fourth-order valence-electron chi connectivity index (χ4n) is 2.76. The zero-order valence-corrected chi connectivity index (χ0v) is 17.1. The molecule has 2 aromatic rings. The summed E-state index contributed by atoms with van der Waals surface area (Å²) in [5.41, 5.74) is 1.45. The van der Waals surface area contributed by atoms with Crippen LogP contribution in [-0.4, -0.2) is 28.3 Å². The van der Waals surface area contributed by atoms with E-state index in [1.807, 2.05) is 63.2 Å². The predicted molar refractivity (Wildman–Crippen MR) is 110 cm³/mol. The minimum atomic E-state index is -0.587. The Morgan fingerprint density at radius 2 is 1.67 bits per heavy atom. The lowest BCUT2D eigenvalue weighted by atomic mass is 10.1. The molecule has 2 aromatic carbocycles. The van der Waals surface area contributed by atoms with E-state index in [1.54, 1.807) is 24.0 Å². The second-order valence-electron chi connectivity index (χ2n) is 7.73. The molecule has 0 aromatic heterocycles. The molecule has 0 radical (unpaired) electrons. The van der Waals surface area contributed by atoms with E-state index in [1.165, 1.54) is 0 Å². The molecule has 5 heteroatoms. The molecule has 2 rings (SSSR count). The Hall–Kier alpha value is -2.33. The summed E-state index contributed by atoms with van der Waals surface area (Å²) >= 11 is 6.03. The first-order valence-corrected chi connectivity index (χ1v) is 9.43. The molecule has 4 nitrogen and oxygen atoms in total. The van der Waals surface area contributed by atoms with Crippen LogP contribution in [0.1, 0.15) is 38.8 Å². The van der Waals surface area contributed by atoms with Gasteiger partial charge in [0, 0.05) is 17.1 Å². The molecular weight excluding hydrogens is 360 g/mol. The second-order valence-corrected chi connectivity index (χ2v) is 8.17. The standard InChI is InChI=1S/C22H27ClN2O2/c1-16(21(27)24-22(2,3)4)25(15-17-9-6-5-7-10-17)20(26)14-18-11-8-12-19(23)13-18/h5-13,16H,14-15H2,1-4H3,(H,24,27)/t16-/m0/s1. The molecule has 0 spiro atoms. The van der Waals surface area contributed by atoms with E-state index in [4.69, 9.17) is 11.6 Å². The Bertz CT molecular complexity index is 784. The monoisotopic (exact) mass is 386 g/mol. The third-order valence-corrected chi connectivity index (χ3v) is 4.34. The van der Waals surface area contributed by atoms with Crippen LogP contribution in [0.5, 0.6) is 0 Å². The van der Waals surface area contributed by atoms with E-state index in [2.05, 4.69) is 5.32 Å². The molecule has 0 saturated heterocycles. The maximum atomic E-state index is 13.0. The van der Waals surface area contributed by atoms with Crippen molar-refractivity contribution in [3.05, 3.63) is 70.7 Å². The van der Waals surface area contributed by atoms with Gasteiger partial charge in [-0.1, -0.05) is 54.1 Å². The first-order chi connectivity index (χ1) is 12.7. The van der Waals surface area contributed by atoms with Gasteiger partial charge in [-0.2, -0.15) is 0 Å². The summed E-state index contributed by atoms with van der Waals surface area (Å²) in [5, 5.41) is 3.55. The lowest BCUT2D eigenvalue weighted by Gasteiger charge is -2.31. The van der Waals surface area contributed by atoms with Gasteiger partial charge in [0.05, 0.1) is 6.42 Å². The van der Waals surface area contributed by atoms with E-state index >= 15 is 0 Å². The van der Waals surface area contributed by atoms with E-state index in [0.717, 1.165) is 11.1 Å². The highest BCUT2D eigenvalue weighted by molar-refractivity contribution is 6.30. The van der Waals surface area contributed by atoms with Crippen molar-refractivity contribution < 1.29 is 9.59 Å². The Labute approximate surface area is 166 Å². The molecule has 144 valence electrons. The molecule has 2 amide bonds. The number of rotatable bonds is 6. The smallest absolute Gasteiger partial charge is 0.242 e. The molecule has 0 unspecified atom stereocenters. The fourth-order valence-corrected chi connectivity index (χ4v) is 2.97. The third kappa shape index (κ3) is 6.72. The van der Waals surface area contributed by atoms with Crippen molar-refractivity contribution >= 4 is 23.4 Å². The van der Waals surface area contributed by atoms with Crippen LogP contribution < -0.4 is 5.32 Å². The quantitative estimate of drug-likeness (QED) is 0.808. The predicted octanol–water partition coefficient (Wildman–Crippen LogP) is 4.21. The molecule has 27 heavy (non-hydrogen) atoms. The summed E-state index contributed by atoms with van der Waals surface area (Å²) < 4.78 is 0. The number of nitrogens with zero attached hydrogens (tertiary/aromatic N) is 1. The summed E-state index contributed by atoms with van der Waals surface area (Å²) in [5.74, 6) is -0.282. The van der Waals surface area contributed by atoms with Crippen LogP contribution in [0.25, 0.3) is 0 Å².